The number of nitrogens with zero attached hydrogens (tertiary/aromatic N) is 2. The van der Waals surface area contributed by atoms with Crippen molar-refractivity contribution in [2.75, 3.05) is 0 Å². The summed E-state index contributed by atoms with van der Waals surface area (Å²) in [6.07, 6.45) is 1.58. The fourth-order valence-electron chi connectivity index (χ4n) is 2.77. The number of nitriles is 1. The molecule has 0 fully saturated rings. The summed E-state index contributed by atoms with van der Waals surface area (Å²) in [5.41, 5.74) is 4.36. The first-order valence-electron chi connectivity index (χ1n) is 6.74. The van der Waals surface area contributed by atoms with Crippen LogP contribution in [0.1, 0.15) is 30.0 Å². The van der Waals surface area contributed by atoms with E-state index in [0.29, 0.717) is 17.6 Å². The van der Waals surface area contributed by atoms with E-state index in [4.69, 9.17) is 0 Å². The molecule has 3 rings (SSSR count). The molecule has 0 atom stereocenters. The molecular weight excluding hydrogens is 250 g/mol. The number of para-hydroxylation sites is 2. The number of hydrogen-bond donors (Lipinski definition) is 1. The maximum Gasteiger partial charge on any atom is 0.260 e. The first-order valence-corrected chi connectivity index (χ1v) is 6.74. The van der Waals surface area contributed by atoms with Crippen LogP contribution in [0.15, 0.2) is 29.1 Å². The van der Waals surface area contributed by atoms with Gasteiger partial charge in [0.2, 0.25) is 0 Å². The minimum Gasteiger partial charge on any atom is -0.338 e. The van der Waals surface area contributed by atoms with E-state index in [1.54, 1.807) is 4.40 Å². The number of rotatable bonds is 2. The largest absolute Gasteiger partial charge is 0.338 e. The van der Waals surface area contributed by atoms with Crippen molar-refractivity contribution in [3.8, 4) is 6.07 Å². The summed E-state index contributed by atoms with van der Waals surface area (Å²) in [4.78, 5) is 15.9. The number of nitrogens with one attached hydrogen (secondary N) is 1. The summed E-state index contributed by atoms with van der Waals surface area (Å²) in [5.74, 6) is 0. The van der Waals surface area contributed by atoms with Crippen LogP contribution in [0.4, 0.5) is 0 Å². The van der Waals surface area contributed by atoms with Gasteiger partial charge in [-0.1, -0.05) is 25.5 Å². The maximum absolute atomic E-state index is 12.7. The minimum atomic E-state index is -0.0178. The average Bonchev–Trinajstić information content (AvgIpc) is 2.83. The molecule has 4 heteroatoms. The van der Waals surface area contributed by atoms with Gasteiger partial charge in [0, 0.05) is 5.56 Å². The summed E-state index contributed by atoms with van der Waals surface area (Å²) >= 11 is 0. The van der Waals surface area contributed by atoms with Crippen LogP contribution < -0.4 is 5.56 Å². The zero-order chi connectivity index (χ0) is 14.3. The van der Waals surface area contributed by atoms with Crippen LogP contribution in [0.5, 0.6) is 0 Å². The molecule has 100 valence electrons. The molecule has 1 aromatic carbocycles. The van der Waals surface area contributed by atoms with Crippen molar-refractivity contribution < 1.29 is 0 Å². The van der Waals surface area contributed by atoms with Crippen LogP contribution in [0.3, 0.4) is 0 Å². The molecule has 0 spiro atoms. The molecule has 20 heavy (non-hydrogen) atoms. The number of aromatic amines is 1. The molecule has 2 aromatic heterocycles. The third kappa shape index (κ3) is 1.56. The highest BCUT2D eigenvalue weighted by Gasteiger charge is 2.17. The number of imidazole rings is 1. The molecule has 0 radical (unpaired) electrons. The second-order valence-electron chi connectivity index (χ2n) is 4.97. The molecule has 0 aliphatic heterocycles. The molecule has 0 amide bonds. The zero-order valence-electron chi connectivity index (χ0n) is 11.5. The lowest BCUT2D eigenvalue weighted by atomic mass is 10.0. The summed E-state index contributed by atoms with van der Waals surface area (Å²) in [6, 6.07) is 9.85. The monoisotopic (exact) mass is 265 g/mol. The lowest BCUT2D eigenvalue weighted by molar-refractivity contribution is 0.882. The Morgan fingerprint density at radius 1 is 1.35 bits per heavy atom. The normalized spacial score (nSPS) is 11.1. The van der Waals surface area contributed by atoms with Crippen molar-refractivity contribution in [3.63, 3.8) is 0 Å². The predicted octanol–water partition coefficient (Wildman–Crippen LogP) is 2.91. The Morgan fingerprint density at radius 3 is 2.80 bits per heavy atom. The van der Waals surface area contributed by atoms with Crippen LogP contribution in [-0.2, 0) is 6.42 Å². The molecule has 0 aliphatic carbocycles. The molecule has 0 saturated heterocycles. The highest BCUT2D eigenvalue weighted by atomic mass is 16.1. The van der Waals surface area contributed by atoms with Crippen molar-refractivity contribution in [3.05, 3.63) is 51.3 Å². The Hall–Kier alpha value is -2.54. The summed E-state index contributed by atoms with van der Waals surface area (Å²) < 4.78 is 1.63. The van der Waals surface area contributed by atoms with Crippen molar-refractivity contribution in [1.82, 2.24) is 9.38 Å². The highest BCUT2D eigenvalue weighted by molar-refractivity contribution is 5.82. The maximum atomic E-state index is 12.7. The Labute approximate surface area is 116 Å². The predicted molar refractivity (Wildman–Crippen MR) is 79.0 cm³/mol. The van der Waals surface area contributed by atoms with Crippen LogP contribution >= 0.6 is 0 Å². The van der Waals surface area contributed by atoms with E-state index in [1.165, 1.54) is 0 Å². The number of hydrogen-bond acceptors (Lipinski definition) is 2. The van der Waals surface area contributed by atoms with E-state index < -0.39 is 0 Å². The molecule has 1 N–H and O–H groups in total. The molecule has 3 aromatic rings. The van der Waals surface area contributed by atoms with Gasteiger partial charge in [-0.15, -0.1) is 0 Å². The number of benzene rings is 1. The van der Waals surface area contributed by atoms with Crippen LogP contribution in [0, 0.1) is 18.3 Å². The van der Waals surface area contributed by atoms with E-state index in [1.807, 2.05) is 38.1 Å². The molecule has 2 heterocycles. The molecular formula is C16H15N3O. The zero-order valence-corrected chi connectivity index (χ0v) is 11.5. The van der Waals surface area contributed by atoms with Gasteiger partial charge in [-0.3, -0.25) is 9.20 Å². The molecule has 0 saturated carbocycles. The number of fused-ring (bicyclic) bond motifs is 3. The quantitative estimate of drug-likeness (QED) is 0.774. The molecule has 0 bridgehead atoms. The second kappa shape index (κ2) is 4.53. The van der Waals surface area contributed by atoms with Crippen molar-refractivity contribution >= 4 is 16.7 Å². The van der Waals surface area contributed by atoms with Gasteiger partial charge in [0.15, 0.2) is 0 Å². The van der Waals surface area contributed by atoms with Gasteiger partial charge < -0.3 is 4.98 Å². The van der Waals surface area contributed by atoms with Gasteiger partial charge in [-0.05, 0) is 31.0 Å². The Balaban J connectivity index is 2.60. The van der Waals surface area contributed by atoms with Crippen LogP contribution in [0.25, 0.3) is 16.7 Å². The standard InChI is InChI=1S/C16H15N3O/c1-3-6-11-10(2)12(9-17)15-18-13-7-4-5-8-14(13)19(15)16(11)20/h4-5,7-8,18H,3,6H2,1-2H3. The fourth-order valence-corrected chi connectivity index (χ4v) is 2.77. The van der Waals surface area contributed by atoms with Gasteiger partial charge in [0.1, 0.15) is 11.7 Å². The van der Waals surface area contributed by atoms with Gasteiger partial charge in [0.25, 0.3) is 5.56 Å². The molecule has 4 nitrogen and oxygen atoms in total. The second-order valence-corrected chi connectivity index (χ2v) is 4.97. The topological polar surface area (TPSA) is 61.1 Å². The van der Waals surface area contributed by atoms with E-state index >= 15 is 0 Å². The van der Waals surface area contributed by atoms with E-state index in [-0.39, 0.29) is 5.56 Å². The summed E-state index contributed by atoms with van der Waals surface area (Å²) in [6.45, 7) is 3.89. The fraction of sp³-hybridized carbons (Fsp3) is 0.250. The van der Waals surface area contributed by atoms with Crippen LogP contribution in [0.2, 0.25) is 0 Å². The smallest absolute Gasteiger partial charge is 0.260 e. The molecule has 0 unspecified atom stereocenters. The first kappa shape index (κ1) is 12.5. The van der Waals surface area contributed by atoms with Crippen molar-refractivity contribution in [1.29, 1.82) is 5.26 Å². The number of pyridine rings is 1. The number of aromatic nitrogens is 2. The SMILES string of the molecule is CCCc1c(C)c(C#N)c2[nH]c3ccccc3n2c1=O. The third-order valence-corrected chi connectivity index (χ3v) is 3.76. The lowest BCUT2D eigenvalue weighted by Gasteiger charge is -2.07. The lowest BCUT2D eigenvalue weighted by Crippen LogP contribution is -2.20. The first-order chi connectivity index (χ1) is 9.69. The van der Waals surface area contributed by atoms with Crippen molar-refractivity contribution in [2.24, 2.45) is 0 Å². The third-order valence-electron chi connectivity index (χ3n) is 3.76. The van der Waals surface area contributed by atoms with Gasteiger partial charge >= 0.3 is 0 Å². The number of H-pyrrole nitrogens is 1. The summed E-state index contributed by atoms with van der Waals surface area (Å²) in [5, 5.41) is 9.44. The van der Waals surface area contributed by atoms with Gasteiger partial charge in [-0.2, -0.15) is 5.26 Å². The summed E-state index contributed by atoms with van der Waals surface area (Å²) in [7, 11) is 0. The average molecular weight is 265 g/mol. The highest BCUT2D eigenvalue weighted by Crippen LogP contribution is 2.21. The van der Waals surface area contributed by atoms with Crippen LogP contribution in [-0.4, -0.2) is 9.38 Å². The molecule has 0 aliphatic rings. The van der Waals surface area contributed by atoms with Crippen molar-refractivity contribution in [2.45, 2.75) is 26.7 Å². The Morgan fingerprint density at radius 2 is 2.10 bits per heavy atom. The van der Waals surface area contributed by atoms with Gasteiger partial charge in [0.05, 0.1) is 16.6 Å². The van der Waals surface area contributed by atoms with E-state index in [2.05, 4.69) is 11.1 Å². The van der Waals surface area contributed by atoms with Gasteiger partial charge in [-0.25, -0.2) is 0 Å². The minimum absolute atomic E-state index is 0.0178. The van der Waals surface area contributed by atoms with E-state index in [0.717, 1.165) is 28.6 Å². The Bertz CT molecular complexity index is 909. The van der Waals surface area contributed by atoms with E-state index in [9.17, 15) is 10.1 Å². The Kier molecular flexibility index (Phi) is 2.83.